The van der Waals surface area contributed by atoms with E-state index in [0.29, 0.717) is 23.1 Å². The lowest BCUT2D eigenvalue weighted by atomic mass is 10.2. The molecule has 0 spiro atoms. The zero-order valence-electron chi connectivity index (χ0n) is 13.6. The number of aryl methyl sites for hydroxylation is 1. The van der Waals surface area contributed by atoms with Gasteiger partial charge in [-0.25, -0.2) is 9.97 Å². The van der Waals surface area contributed by atoms with Crippen LogP contribution in [-0.2, 0) is 0 Å². The molecular formula is C18H19N5O. The van der Waals surface area contributed by atoms with Crippen molar-refractivity contribution in [2.75, 3.05) is 23.5 Å². The molecule has 0 radical (unpaired) electrons. The number of nitrogens with one attached hydrogen (secondary N) is 2. The number of anilines is 5. The van der Waals surface area contributed by atoms with E-state index in [2.05, 4.69) is 20.6 Å². The number of para-hydroxylation sites is 2. The van der Waals surface area contributed by atoms with Crippen LogP contribution in [0, 0.1) is 6.92 Å². The van der Waals surface area contributed by atoms with Crippen molar-refractivity contribution >= 4 is 28.7 Å². The molecule has 0 atom stereocenters. The Bertz CT molecular complexity index is 850. The number of methoxy groups -OCH3 is 1. The highest BCUT2D eigenvalue weighted by Crippen LogP contribution is 2.31. The van der Waals surface area contributed by atoms with Crippen molar-refractivity contribution in [1.82, 2.24) is 9.97 Å². The molecular weight excluding hydrogens is 302 g/mol. The lowest BCUT2D eigenvalue weighted by Gasteiger charge is -2.14. The predicted octanol–water partition coefficient (Wildman–Crippen LogP) is 3.86. The summed E-state index contributed by atoms with van der Waals surface area (Å²) in [6.45, 7) is 2.03. The lowest BCUT2D eigenvalue weighted by molar-refractivity contribution is 0.417. The largest absolute Gasteiger partial charge is 0.495 e. The lowest BCUT2D eigenvalue weighted by Crippen LogP contribution is -2.05. The first-order valence-corrected chi connectivity index (χ1v) is 7.51. The molecule has 24 heavy (non-hydrogen) atoms. The summed E-state index contributed by atoms with van der Waals surface area (Å²) in [4.78, 5) is 8.46. The number of rotatable bonds is 5. The van der Waals surface area contributed by atoms with Crippen molar-refractivity contribution in [3.63, 3.8) is 0 Å². The standard InChI is InChI=1S/C18H19N5O/c1-12-6-5-7-13(10-12)22-17-16(19)18(21-11-20-17)23-14-8-3-4-9-15(14)24-2/h3-11H,19H2,1-2H3,(H2,20,21,22,23). The van der Waals surface area contributed by atoms with Crippen molar-refractivity contribution in [1.29, 1.82) is 0 Å². The van der Waals surface area contributed by atoms with Crippen molar-refractivity contribution in [3.8, 4) is 5.75 Å². The average molecular weight is 321 g/mol. The van der Waals surface area contributed by atoms with Gasteiger partial charge in [0.2, 0.25) is 0 Å². The smallest absolute Gasteiger partial charge is 0.159 e. The number of benzene rings is 2. The predicted molar refractivity (Wildman–Crippen MR) is 97.2 cm³/mol. The summed E-state index contributed by atoms with van der Waals surface area (Å²) in [5.74, 6) is 1.78. The van der Waals surface area contributed by atoms with Gasteiger partial charge in [0.25, 0.3) is 0 Å². The van der Waals surface area contributed by atoms with Gasteiger partial charge in [-0.2, -0.15) is 0 Å². The normalized spacial score (nSPS) is 10.2. The number of hydrogen-bond acceptors (Lipinski definition) is 6. The Morgan fingerprint density at radius 2 is 1.71 bits per heavy atom. The van der Waals surface area contributed by atoms with Crippen LogP contribution < -0.4 is 21.1 Å². The number of nitrogens with two attached hydrogens (primary N) is 1. The van der Waals surface area contributed by atoms with Gasteiger partial charge in [0, 0.05) is 5.69 Å². The highest BCUT2D eigenvalue weighted by Gasteiger charge is 2.10. The van der Waals surface area contributed by atoms with Gasteiger partial charge >= 0.3 is 0 Å². The number of aromatic nitrogens is 2. The van der Waals surface area contributed by atoms with Gasteiger partial charge in [-0.15, -0.1) is 0 Å². The van der Waals surface area contributed by atoms with E-state index in [1.807, 2.05) is 55.5 Å². The van der Waals surface area contributed by atoms with Crippen LogP contribution in [0.15, 0.2) is 54.9 Å². The molecule has 0 aliphatic heterocycles. The Hall–Kier alpha value is -3.28. The van der Waals surface area contributed by atoms with E-state index in [-0.39, 0.29) is 0 Å². The van der Waals surface area contributed by atoms with Crippen molar-refractivity contribution in [2.24, 2.45) is 0 Å². The van der Waals surface area contributed by atoms with E-state index in [9.17, 15) is 0 Å². The van der Waals surface area contributed by atoms with Crippen LogP contribution >= 0.6 is 0 Å². The minimum Gasteiger partial charge on any atom is -0.495 e. The first kappa shape index (κ1) is 15.6. The van der Waals surface area contributed by atoms with Crippen LogP contribution in [0.5, 0.6) is 5.75 Å². The molecule has 3 rings (SSSR count). The van der Waals surface area contributed by atoms with Crippen molar-refractivity contribution < 1.29 is 4.74 Å². The quantitative estimate of drug-likeness (QED) is 0.661. The van der Waals surface area contributed by atoms with Gasteiger partial charge in [0.15, 0.2) is 11.6 Å². The van der Waals surface area contributed by atoms with Gasteiger partial charge in [0.1, 0.15) is 17.8 Å². The molecule has 1 aromatic heterocycles. The van der Waals surface area contributed by atoms with Crippen molar-refractivity contribution in [2.45, 2.75) is 6.92 Å². The third-order valence-corrected chi connectivity index (χ3v) is 3.52. The molecule has 0 saturated heterocycles. The molecule has 122 valence electrons. The first-order valence-electron chi connectivity index (χ1n) is 7.51. The fraction of sp³-hybridized carbons (Fsp3) is 0.111. The Labute approximate surface area is 140 Å². The summed E-state index contributed by atoms with van der Waals surface area (Å²) < 4.78 is 5.33. The van der Waals surface area contributed by atoms with E-state index >= 15 is 0 Å². The topological polar surface area (TPSA) is 85.1 Å². The molecule has 0 bridgehead atoms. The Morgan fingerprint density at radius 3 is 2.46 bits per heavy atom. The third kappa shape index (κ3) is 3.38. The molecule has 4 N–H and O–H groups in total. The second kappa shape index (κ2) is 6.87. The van der Waals surface area contributed by atoms with Crippen LogP contribution in [0.2, 0.25) is 0 Å². The maximum atomic E-state index is 6.22. The molecule has 0 saturated carbocycles. The molecule has 0 aliphatic rings. The molecule has 2 aromatic carbocycles. The van der Waals surface area contributed by atoms with Crippen LogP contribution in [-0.4, -0.2) is 17.1 Å². The average Bonchev–Trinajstić information content (AvgIpc) is 2.59. The maximum absolute atomic E-state index is 6.22. The van der Waals surface area contributed by atoms with Crippen LogP contribution in [0.25, 0.3) is 0 Å². The molecule has 0 amide bonds. The molecule has 1 heterocycles. The fourth-order valence-corrected chi connectivity index (χ4v) is 2.33. The molecule has 6 nitrogen and oxygen atoms in total. The Morgan fingerprint density at radius 1 is 0.958 bits per heavy atom. The summed E-state index contributed by atoms with van der Waals surface area (Å²) >= 11 is 0. The summed E-state index contributed by atoms with van der Waals surface area (Å²) in [5, 5.41) is 6.41. The third-order valence-electron chi connectivity index (χ3n) is 3.52. The minimum absolute atomic E-state index is 0.435. The van der Waals surface area contributed by atoms with Gasteiger partial charge in [-0.1, -0.05) is 24.3 Å². The zero-order valence-corrected chi connectivity index (χ0v) is 13.6. The Balaban J connectivity index is 1.88. The van der Waals surface area contributed by atoms with Crippen LogP contribution in [0.1, 0.15) is 5.56 Å². The van der Waals surface area contributed by atoms with E-state index in [1.54, 1.807) is 7.11 Å². The Kier molecular flexibility index (Phi) is 4.47. The van der Waals surface area contributed by atoms with E-state index in [4.69, 9.17) is 10.5 Å². The van der Waals surface area contributed by atoms with Gasteiger partial charge in [-0.05, 0) is 36.8 Å². The molecule has 0 fully saturated rings. The number of hydrogen-bond donors (Lipinski definition) is 3. The van der Waals surface area contributed by atoms with Gasteiger partial charge in [-0.3, -0.25) is 0 Å². The molecule has 0 aliphatic carbocycles. The highest BCUT2D eigenvalue weighted by molar-refractivity contribution is 5.81. The first-order chi connectivity index (χ1) is 11.7. The summed E-state index contributed by atoms with van der Waals surface area (Å²) in [5.41, 5.74) is 9.51. The molecule has 0 unspecified atom stereocenters. The van der Waals surface area contributed by atoms with Crippen molar-refractivity contribution in [3.05, 3.63) is 60.4 Å². The number of nitrogens with zero attached hydrogens (tertiary/aromatic N) is 2. The SMILES string of the molecule is COc1ccccc1Nc1ncnc(Nc2cccc(C)c2)c1N. The number of nitrogen functional groups attached to an aromatic ring is 1. The van der Waals surface area contributed by atoms with Gasteiger partial charge < -0.3 is 21.1 Å². The van der Waals surface area contributed by atoms with Crippen LogP contribution in [0.4, 0.5) is 28.7 Å². The maximum Gasteiger partial charge on any atom is 0.159 e. The summed E-state index contributed by atoms with van der Waals surface area (Å²) in [6.07, 6.45) is 1.46. The monoisotopic (exact) mass is 321 g/mol. The zero-order chi connectivity index (χ0) is 16.9. The second-order valence-corrected chi connectivity index (χ2v) is 5.30. The summed E-state index contributed by atoms with van der Waals surface area (Å²) in [6, 6.07) is 15.6. The summed E-state index contributed by atoms with van der Waals surface area (Å²) in [7, 11) is 1.62. The fourth-order valence-electron chi connectivity index (χ4n) is 2.33. The number of ether oxygens (including phenoxy) is 1. The second-order valence-electron chi connectivity index (χ2n) is 5.30. The van der Waals surface area contributed by atoms with Gasteiger partial charge in [0.05, 0.1) is 12.8 Å². The van der Waals surface area contributed by atoms with E-state index < -0.39 is 0 Å². The van der Waals surface area contributed by atoms with E-state index in [1.165, 1.54) is 6.33 Å². The molecule has 6 heteroatoms. The highest BCUT2D eigenvalue weighted by atomic mass is 16.5. The molecule has 3 aromatic rings. The van der Waals surface area contributed by atoms with E-state index in [0.717, 1.165) is 16.9 Å². The minimum atomic E-state index is 0.435. The van der Waals surface area contributed by atoms with Crippen LogP contribution in [0.3, 0.4) is 0 Å².